The predicted molar refractivity (Wildman–Crippen MR) is 68.1 cm³/mol. The van der Waals surface area contributed by atoms with E-state index in [1.807, 2.05) is 13.0 Å². The third kappa shape index (κ3) is 2.08. The van der Waals surface area contributed by atoms with Gasteiger partial charge in [-0.3, -0.25) is 14.5 Å². The molecule has 1 N–H and O–H groups in total. The maximum absolute atomic E-state index is 12.2. The highest BCUT2D eigenvalue weighted by atomic mass is 16.2. The minimum Gasteiger partial charge on any atom is -0.346 e. The largest absolute Gasteiger partial charge is 0.346 e. The molecule has 2 heterocycles. The van der Waals surface area contributed by atoms with Gasteiger partial charge in [0.1, 0.15) is 17.5 Å². The van der Waals surface area contributed by atoms with Gasteiger partial charge in [-0.25, -0.2) is 0 Å². The third-order valence-electron chi connectivity index (χ3n) is 3.37. The average Bonchev–Trinajstić information content (AvgIpc) is 2.38. The second kappa shape index (κ2) is 4.76. The Morgan fingerprint density at radius 2 is 2.26 bits per heavy atom. The number of nitrogens with zero attached hydrogens (tertiary/aromatic N) is 3. The third-order valence-corrected chi connectivity index (χ3v) is 3.37. The zero-order chi connectivity index (χ0) is 14.2. The highest BCUT2D eigenvalue weighted by Crippen LogP contribution is 2.29. The van der Waals surface area contributed by atoms with E-state index in [0.29, 0.717) is 24.2 Å². The summed E-state index contributed by atoms with van der Waals surface area (Å²) in [6.07, 6.45) is 2.71. The van der Waals surface area contributed by atoms with Gasteiger partial charge in [0.2, 0.25) is 0 Å². The zero-order valence-electron chi connectivity index (χ0n) is 11.2. The first kappa shape index (κ1) is 13.1. The van der Waals surface area contributed by atoms with E-state index in [0.717, 1.165) is 0 Å². The van der Waals surface area contributed by atoms with E-state index in [9.17, 15) is 9.59 Å². The molecular formula is C13H16N4O2. The van der Waals surface area contributed by atoms with Crippen molar-refractivity contribution in [3.8, 4) is 6.07 Å². The maximum Gasteiger partial charge on any atom is 0.271 e. The average molecular weight is 260 g/mol. The number of carbonyl (C=O) groups is 2. The fourth-order valence-corrected chi connectivity index (χ4v) is 2.32. The Kier molecular flexibility index (Phi) is 3.30. The summed E-state index contributed by atoms with van der Waals surface area (Å²) < 4.78 is 0. The fraction of sp³-hybridized carbons (Fsp3) is 0.462. The van der Waals surface area contributed by atoms with Gasteiger partial charge < -0.3 is 10.2 Å². The topological polar surface area (TPSA) is 76.4 Å². The van der Waals surface area contributed by atoms with Crippen molar-refractivity contribution < 1.29 is 9.59 Å². The summed E-state index contributed by atoms with van der Waals surface area (Å²) in [5.74, 6) is 0.0648. The van der Waals surface area contributed by atoms with Crippen LogP contribution in [0.3, 0.4) is 0 Å². The number of amides is 2. The predicted octanol–water partition coefficient (Wildman–Crippen LogP) is 0.308. The van der Waals surface area contributed by atoms with Crippen molar-refractivity contribution in [3.05, 3.63) is 23.2 Å². The first-order valence-corrected chi connectivity index (χ1v) is 6.12. The summed E-state index contributed by atoms with van der Waals surface area (Å²) in [6.45, 7) is 1.91. The summed E-state index contributed by atoms with van der Waals surface area (Å²) in [6, 6.07) is 1.84. The van der Waals surface area contributed by atoms with E-state index in [4.69, 9.17) is 5.26 Å². The van der Waals surface area contributed by atoms with Gasteiger partial charge in [0.05, 0.1) is 5.57 Å². The van der Waals surface area contributed by atoms with Gasteiger partial charge in [-0.1, -0.05) is 0 Å². The summed E-state index contributed by atoms with van der Waals surface area (Å²) in [4.78, 5) is 27.3. The molecule has 6 heteroatoms. The van der Waals surface area contributed by atoms with Crippen LogP contribution in [0.15, 0.2) is 23.2 Å². The van der Waals surface area contributed by atoms with E-state index >= 15 is 0 Å². The molecule has 0 aromatic carbocycles. The Bertz CT molecular complexity index is 539. The van der Waals surface area contributed by atoms with Crippen LogP contribution < -0.4 is 5.32 Å². The molecule has 0 aliphatic carbocycles. The molecule has 0 bridgehead atoms. The van der Waals surface area contributed by atoms with Crippen molar-refractivity contribution in [2.75, 3.05) is 14.1 Å². The molecule has 1 atom stereocenters. The van der Waals surface area contributed by atoms with Crippen molar-refractivity contribution in [1.82, 2.24) is 15.1 Å². The summed E-state index contributed by atoms with van der Waals surface area (Å²) in [5.41, 5.74) is 0.652. The van der Waals surface area contributed by atoms with Crippen LogP contribution in [0.2, 0.25) is 0 Å². The smallest absolute Gasteiger partial charge is 0.271 e. The molecule has 0 saturated carbocycles. The zero-order valence-corrected chi connectivity index (χ0v) is 11.2. The molecule has 2 rings (SSSR count). The number of carbonyl (C=O) groups excluding carboxylic acids is 2. The van der Waals surface area contributed by atoms with Crippen LogP contribution in [0.25, 0.3) is 0 Å². The van der Waals surface area contributed by atoms with E-state index in [-0.39, 0.29) is 23.4 Å². The highest BCUT2D eigenvalue weighted by Gasteiger charge is 2.37. The van der Waals surface area contributed by atoms with Gasteiger partial charge in [0.25, 0.3) is 11.8 Å². The molecule has 2 aliphatic rings. The quantitative estimate of drug-likeness (QED) is 0.736. The van der Waals surface area contributed by atoms with E-state index in [1.165, 1.54) is 16.0 Å². The standard InChI is InChI=1S/C13H16N4O2/c1-8-4-5-10(13(19)16(2)3)11-15-7-9(6-14)12(18)17(8)11/h7-8,15H,4-5H2,1-3H3. The molecule has 2 aliphatic heterocycles. The van der Waals surface area contributed by atoms with E-state index in [1.54, 1.807) is 14.1 Å². The molecule has 19 heavy (non-hydrogen) atoms. The second-order valence-corrected chi connectivity index (χ2v) is 4.90. The molecule has 2 amide bonds. The minimum atomic E-state index is -0.340. The molecule has 0 aromatic rings. The Hall–Kier alpha value is -2.29. The first-order chi connectivity index (χ1) is 8.97. The molecule has 1 unspecified atom stereocenters. The van der Waals surface area contributed by atoms with Crippen LogP contribution in [0, 0.1) is 11.3 Å². The number of hydrogen-bond acceptors (Lipinski definition) is 4. The highest BCUT2D eigenvalue weighted by molar-refractivity contribution is 6.02. The molecule has 0 fully saturated rings. The van der Waals surface area contributed by atoms with E-state index < -0.39 is 0 Å². The summed E-state index contributed by atoms with van der Waals surface area (Å²) in [5, 5.41) is 11.8. The van der Waals surface area contributed by atoms with Gasteiger partial charge in [-0.2, -0.15) is 5.26 Å². The molecule has 0 spiro atoms. The second-order valence-electron chi connectivity index (χ2n) is 4.90. The minimum absolute atomic E-state index is 0.0224. The van der Waals surface area contributed by atoms with Crippen molar-refractivity contribution in [2.24, 2.45) is 0 Å². The Morgan fingerprint density at radius 3 is 2.84 bits per heavy atom. The fourth-order valence-electron chi connectivity index (χ4n) is 2.32. The summed E-state index contributed by atoms with van der Waals surface area (Å²) >= 11 is 0. The van der Waals surface area contributed by atoms with Gasteiger partial charge in [0, 0.05) is 26.3 Å². The van der Waals surface area contributed by atoms with Crippen molar-refractivity contribution >= 4 is 11.8 Å². The van der Waals surface area contributed by atoms with E-state index in [2.05, 4.69) is 5.32 Å². The number of rotatable bonds is 1. The number of nitrogens with one attached hydrogen (secondary N) is 1. The van der Waals surface area contributed by atoms with Crippen LogP contribution in [0.4, 0.5) is 0 Å². The van der Waals surface area contributed by atoms with Gasteiger partial charge in [0.15, 0.2) is 0 Å². The molecule has 0 aromatic heterocycles. The van der Waals surface area contributed by atoms with Crippen LogP contribution in [0.1, 0.15) is 19.8 Å². The number of hydrogen-bond donors (Lipinski definition) is 1. The van der Waals surface area contributed by atoms with Gasteiger partial charge in [-0.05, 0) is 19.8 Å². The Labute approximate surface area is 112 Å². The van der Waals surface area contributed by atoms with Gasteiger partial charge in [-0.15, -0.1) is 0 Å². The van der Waals surface area contributed by atoms with Crippen LogP contribution in [-0.4, -0.2) is 41.8 Å². The van der Waals surface area contributed by atoms with Crippen molar-refractivity contribution in [1.29, 1.82) is 5.26 Å². The number of likely N-dealkylation sites (N-methyl/N-ethyl adjacent to an activating group) is 1. The van der Waals surface area contributed by atoms with Crippen LogP contribution >= 0.6 is 0 Å². The normalized spacial score (nSPS) is 22.2. The summed E-state index contributed by atoms with van der Waals surface area (Å²) in [7, 11) is 3.36. The molecule has 0 radical (unpaired) electrons. The lowest BCUT2D eigenvalue weighted by atomic mass is 9.96. The van der Waals surface area contributed by atoms with Crippen LogP contribution in [-0.2, 0) is 9.59 Å². The number of fused-ring (bicyclic) bond motifs is 1. The molecule has 100 valence electrons. The lowest BCUT2D eigenvalue weighted by Crippen LogP contribution is -2.49. The van der Waals surface area contributed by atoms with Gasteiger partial charge >= 0.3 is 0 Å². The lowest BCUT2D eigenvalue weighted by molar-refractivity contribution is -0.128. The SMILES string of the molecule is CC1CCC(C(=O)N(C)C)=C2NC=C(C#N)C(=O)N21. The Morgan fingerprint density at radius 1 is 1.58 bits per heavy atom. The first-order valence-electron chi connectivity index (χ1n) is 6.12. The Balaban J connectivity index is 2.49. The molecule has 0 saturated heterocycles. The number of nitriles is 1. The van der Waals surface area contributed by atoms with Crippen LogP contribution in [0.5, 0.6) is 0 Å². The monoisotopic (exact) mass is 260 g/mol. The molecule has 6 nitrogen and oxygen atoms in total. The van der Waals surface area contributed by atoms with Crippen molar-refractivity contribution in [3.63, 3.8) is 0 Å². The maximum atomic E-state index is 12.2. The molecular weight excluding hydrogens is 244 g/mol. The van der Waals surface area contributed by atoms with Crippen molar-refractivity contribution in [2.45, 2.75) is 25.8 Å². The lowest BCUT2D eigenvalue weighted by Gasteiger charge is -2.39.